The van der Waals surface area contributed by atoms with Crippen LogP contribution in [-0.4, -0.2) is 4.98 Å². The first-order chi connectivity index (χ1) is 7.56. The highest BCUT2D eigenvalue weighted by Crippen LogP contribution is 2.28. The van der Waals surface area contributed by atoms with Crippen LogP contribution in [0.25, 0.3) is 10.2 Å². The summed E-state index contributed by atoms with van der Waals surface area (Å²) in [5.74, 6) is 1.24. The topological polar surface area (TPSA) is 12.9 Å². The number of nitrogens with zero attached hydrogens (tertiary/aromatic N) is 1. The van der Waals surface area contributed by atoms with E-state index in [1.807, 2.05) is 11.3 Å². The Balaban J connectivity index is 2.38. The average Bonchev–Trinajstić information content (AvgIpc) is 2.59. The molecule has 0 aliphatic heterocycles. The second kappa shape index (κ2) is 4.54. The fourth-order valence-electron chi connectivity index (χ4n) is 1.84. The Labute approximate surface area is 102 Å². The molecule has 0 amide bonds. The molecule has 0 aliphatic carbocycles. The number of thiazole rings is 1. The van der Waals surface area contributed by atoms with Gasteiger partial charge < -0.3 is 0 Å². The van der Waals surface area contributed by atoms with Crippen molar-refractivity contribution in [1.82, 2.24) is 4.98 Å². The van der Waals surface area contributed by atoms with Gasteiger partial charge in [-0.1, -0.05) is 33.8 Å². The highest BCUT2D eigenvalue weighted by molar-refractivity contribution is 7.18. The van der Waals surface area contributed by atoms with Gasteiger partial charge in [-0.25, -0.2) is 4.98 Å². The summed E-state index contributed by atoms with van der Waals surface area (Å²) in [4.78, 5) is 4.70. The van der Waals surface area contributed by atoms with Crippen molar-refractivity contribution in [2.45, 2.75) is 40.0 Å². The third kappa shape index (κ3) is 2.43. The van der Waals surface area contributed by atoms with Crippen LogP contribution >= 0.6 is 11.3 Å². The predicted molar refractivity (Wildman–Crippen MR) is 72.3 cm³/mol. The lowest BCUT2D eigenvalue weighted by atomic mass is 10.0. The first-order valence-electron chi connectivity index (χ1n) is 5.95. The Kier molecular flexibility index (Phi) is 3.29. The van der Waals surface area contributed by atoms with E-state index in [0.717, 1.165) is 6.42 Å². The molecule has 0 saturated carbocycles. The lowest BCUT2D eigenvalue weighted by Gasteiger charge is -2.03. The van der Waals surface area contributed by atoms with Crippen molar-refractivity contribution >= 4 is 21.6 Å². The van der Waals surface area contributed by atoms with E-state index in [-0.39, 0.29) is 0 Å². The lowest BCUT2D eigenvalue weighted by Crippen LogP contribution is -1.93. The first-order valence-corrected chi connectivity index (χ1v) is 6.77. The minimum Gasteiger partial charge on any atom is -0.241 e. The molecule has 2 heteroatoms. The summed E-state index contributed by atoms with van der Waals surface area (Å²) in [6.07, 6.45) is 1.14. The number of aromatic nitrogens is 1. The summed E-state index contributed by atoms with van der Waals surface area (Å²) in [6.45, 7) is 8.91. The highest BCUT2D eigenvalue weighted by Gasteiger charge is 2.08. The van der Waals surface area contributed by atoms with Gasteiger partial charge in [0.25, 0.3) is 0 Å². The van der Waals surface area contributed by atoms with Crippen molar-refractivity contribution in [3.05, 3.63) is 28.8 Å². The fraction of sp³-hybridized carbons (Fsp3) is 0.500. The van der Waals surface area contributed by atoms with Crippen LogP contribution in [0.15, 0.2) is 18.2 Å². The highest BCUT2D eigenvalue weighted by atomic mass is 32.1. The summed E-state index contributed by atoms with van der Waals surface area (Å²) >= 11 is 1.82. The van der Waals surface area contributed by atoms with E-state index in [1.165, 1.54) is 20.8 Å². The van der Waals surface area contributed by atoms with Crippen molar-refractivity contribution in [3.63, 3.8) is 0 Å². The van der Waals surface area contributed by atoms with Crippen molar-refractivity contribution in [3.8, 4) is 0 Å². The molecule has 1 heterocycles. The maximum absolute atomic E-state index is 4.70. The monoisotopic (exact) mass is 233 g/mol. The molecule has 1 aromatic carbocycles. The molecule has 86 valence electrons. The van der Waals surface area contributed by atoms with Crippen molar-refractivity contribution in [2.24, 2.45) is 5.92 Å². The molecule has 1 nitrogen and oxygen atoms in total. The van der Waals surface area contributed by atoms with E-state index in [0.29, 0.717) is 11.8 Å². The number of fused-ring (bicyclic) bond motifs is 1. The SMILES string of the molecule is CC(C)Cc1ccc2sc(C(C)C)nc2c1. The number of benzene rings is 1. The molecule has 2 rings (SSSR count). The van der Waals surface area contributed by atoms with Gasteiger partial charge >= 0.3 is 0 Å². The molecule has 0 unspecified atom stereocenters. The average molecular weight is 233 g/mol. The lowest BCUT2D eigenvalue weighted by molar-refractivity contribution is 0.648. The molecule has 0 bridgehead atoms. The first kappa shape index (κ1) is 11.6. The number of rotatable bonds is 3. The van der Waals surface area contributed by atoms with Gasteiger partial charge in [-0.15, -0.1) is 11.3 Å². The molecular formula is C14H19NS. The normalized spacial score (nSPS) is 11.9. The maximum Gasteiger partial charge on any atom is 0.0963 e. The van der Waals surface area contributed by atoms with E-state index in [4.69, 9.17) is 4.98 Å². The molecule has 0 saturated heterocycles. The van der Waals surface area contributed by atoms with Crippen LogP contribution in [-0.2, 0) is 6.42 Å². The molecule has 0 atom stereocenters. The molecule has 0 radical (unpaired) electrons. The van der Waals surface area contributed by atoms with Gasteiger partial charge in [0, 0.05) is 5.92 Å². The van der Waals surface area contributed by atoms with Gasteiger partial charge in [-0.05, 0) is 30.0 Å². The van der Waals surface area contributed by atoms with Crippen LogP contribution < -0.4 is 0 Å². The van der Waals surface area contributed by atoms with E-state index in [2.05, 4.69) is 45.9 Å². The van der Waals surface area contributed by atoms with Gasteiger partial charge in [0.05, 0.1) is 15.2 Å². The maximum atomic E-state index is 4.70. The molecule has 2 aromatic rings. The summed E-state index contributed by atoms with van der Waals surface area (Å²) in [7, 11) is 0. The van der Waals surface area contributed by atoms with E-state index >= 15 is 0 Å². The van der Waals surface area contributed by atoms with Crippen molar-refractivity contribution < 1.29 is 0 Å². The van der Waals surface area contributed by atoms with Crippen molar-refractivity contribution in [1.29, 1.82) is 0 Å². The van der Waals surface area contributed by atoms with Crippen LogP contribution in [0.4, 0.5) is 0 Å². The summed E-state index contributed by atoms with van der Waals surface area (Å²) in [6, 6.07) is 6.71. The third-order valence-corrected chi connectivity index (χ3v) is 3.94. The molecule has 0 N–H and O–H groups in total. The van der Waals surface area contributed by atoms with Crippen LogP contribution in [0, 0.1) is 5.92 Å². The van der Waals surface area contributed by atoms with Gasteiger partial charge in [-0.2, -0.15) is 0 Å². The minimum atomic E-state index is 0.533. The summed E-state index contributed by atoms with van der Waals surface area (Å²) < 4.78 is 1.32. The second-order valence-corrected chi connectivity index (χ2v) is 6.17. The summed E-state index contributed by atoms with van der Waals surface area (Å²) in [5, 5.41) is 1.25. The van der Waals surface area contributed by atoms with Crippen LogP contribution in [0.3, 0.4) is 0 Å². The van der Waals surface area contributed by atoms with Gasteiger partial charge in [0.1, 0.15) is 0 Å². The zero-order valence-electron chi connectivity index (χ0n) is 10.4. The van der Waals surface area contributed by atoms with Gasteiger partial charge in [0.15, 0.2) is 0 Å². The smallest absolute Gasteiger partial charge is 0.0963 e. The molecule has 16 heavy (non-hydrogen) atoms. The standard InChI is InChI=1S/C14H19NS/c1-9(2)7-11-5-6-13-12(8-11)15-14(16-13)10(3)4/h5-6,8-10H,7H2,1-4H3. The number of hydrogen-bond acceptors (Lipinski definition) is 2. The van der Waals surface area contributed by atoms with Crippen LogP contribution in [0.5, 0.6) is 0 Å². The minimum absolute atomic E-state index is 0.533. The molecule has 1 aromatic heterocycles. The van der Waals surface area contributed by atoms with E-state index < -0.39 is 0 Å². The Morgan fingerprint density at radius 3 is 2.56 bits per heavy atom. The molecule has 0 fully saturated rings. The largest absolute Gasteiger partial charge is 0.241 e. The Hall–Kier alpha value is -0.890. The van der Waals surface area contributed by atoms with Gasteiger partial charge in [0.2, 0.25) is 0 Å². The zero-order valence-corrected chi connectivity index (χ0v) is 11.3. The molecule has 0 spiro atoms. The Morgan fingerprint density at radius 1 is 1.19 bits per heavy atom. The molecule has 0 aliphatic rings. The van der Waals surface area contributed by atoms with E-state index in [1.54, 1.807) is 0 Å². The van der Waals surface area contributed by atoms with E-state index in [9.17, 15) is 0 Å². The Morgan fingerprint density at radius 2 is 1.94 bits per heavy atom. The Bertz CT molecular complexity index is 482. The van der Waals surface area contributed by atoms with Crippen LogP contribution in [0.2, 0.25) is 0 Å². The molecular weight excluding hydrogens is 214 g/mol. The van der Waals surface area contributed by atoms with Gasteiger partial charge in [-0.3, -0.25) is 0 Å². The number of hydrogen-bond donors (Lipinski definition) is 0. The van der Waals surface area contributed by atoms with Crippen LogP contribution in [0.1, 0.15) is 44.2 Å². The fourth-order valence-corrected chi connectivity index (χ4v) is 2.79. The third-order valence-electron chi connectivity index (χ3n) is 2.61. The quantitative estimate of drug-likeness (QED) is 0.754. The van der Waals surface area contributed by atoms with Crippen molar-refractivity contribution in [2.75, 3.05) is 0 Å². The second-order valence-electron chi connectivity index (χ2n) is 5.11. The summed E-state index contributed by atoms with van der Waals surface area (Å²) in [5.41, 5.74) is 2.58. The predicted octanol–water partition coefficient (Wildman–Crippen LogP) is 4.62. The zero-order chi connectivity index (χ0) is 11.7.